The van der Waals surface area contributed by atoms with Gasteiger partial charge < -0.3 is 0 Å². The van der Waals surface area contributed by atoms with E-state index < -0.39 is 0 Å². The molecule has 0 bridgehead atoms. The van der Waals surface area contributed by atoms with Crippen LogP contribution in [0.25, 0.3) is 0 Å². The molecule has 0 amide bonds. The molecule has 6 atom stereocenters. The molecular formula is C20H34N2. The van der Waals surface area contributed by atoms with Crippen molar-refractivity contribution in [3.05, 3.63) is 24.3 Å². The average Bonchev–Trinajstić information content (AvgIpc) is 3.38. The molecule has 0 radical (unpaired) electrons. The molecule has 0 aromatic rings. The van der Waals surface area contributed by atoms with Crippen LogP contribution < -0.4 is 0 Å². The molecular weight excluding hydrogens is 268 g/mol. The highest BCUT2D eigenvalue weighted by Gasteiger charge is 2.75. The second-order valence-electron chi connectivity index (χ2n) is 8.29. The maximum absolute atomic E-state index is 3.99. The smallest absolute Gasteiger partial charge is 0.0169 e. The number of hydrogen-bond acceptors (Lipinski definition) is 2. The molecule has 2 heteroatoms. The summed E-state index contributed by atoms with van der Waals surface area (Å²) in [6.07, 6.45) is 7.41. The van der Waals surface area contributed by atoms with Crippen LogP contribution in [0.2, 0.25) is 0 Å². The van der Waals surface area contributed by atoms with Gasteiger partial charge in [0.1, 0.15) is 0 Å². The van der Waals surface area contributed by atoms with E-state index in [9.17, 15) is 0 Å². The van der Waals surface area contributed by atoms with Crippen molar-refractivity contribution in [2.45, 2.75) is 40.5 Å². The largest absolute Gasteiger partial charge is 0.245 e. The first-order valence-electron chi connectivity index (χ1n) is 9.22. The second kappa shape index (κ2) is 5.79. The molecule has 0 saturated heterocycles. The van der Waals surface area contributed by atoms with Crippen LogP contribution in [-0.4, -0.2) is 36.7 Å². The SMILES string of the molecule is C=C(C)C=CC1C(CC)C1CN(C)N(CC)CC1C2CC12C. The Morgan fingerprint density at radius 2 is 1.95 bits per heavy atom. The zero-order valence-electron chi connectivity index (χ0n) is 15.2. The maximum Gasteiger partial charge on any atom is 0.0169 e. The van der Waals surface area contributed by atoms with Gasteiger partial charge in [-0.05, 0) is 48.3 Å². The Kier molecular flexibility index (Phi) is 4.28. The van der Waals surface area contributed by atoms with Gasteiger partial charge >= 0.3 is 0 Å². The normalized spacial score (nSPS) is 42.0. The molecule has 3 aliphatic rings. The van der Waals surface area contributed by atoms with Crippen LogP contribution in [0.1, 0.15) is 40.5 Å². The average molecular weight is 303 g/mol. The van der Waals surface area contributed by atoms with E-state index in [1.807, 2.05) is 0 Å². The highest BCUT2D eigenvalue weighted by Crippen LogP contribution is 2.79. The van der Waals surface area contributed by atoms with Gasteiger partial charge in [0.05, 0.1) is 0 Å². The van der Waals surface area contributed by atoms with Gasteiger partial charge in [-0.15, -0.1) is 0 Å². The first kappa shape index (κ1) is 16.3. The van der Waals surface area contributed by atoms with Gasteiger partial charge in [-0.1, -0.05) is 51.5 Å². The molecule has 22 heavy (non-hydrogen) atoms. The van der Waals surface area contributed by atoms with Crippen LogP contribution in [-0.2, 0) is 0 Å². The fourth-order valence-electron chi connectivity index (χ4n) is 4.67. The summed E-state index contributed by atoms with van der Waals surface area (Å²) in [5.74, 6) is 4.53. The van der Waals surface area contributed by atoms with Crippen molar-refractivity contribution in [3.8, 4) is 0 Å². The Balaban J connectivity index is 1.49. The molecule has 0 N–H and O–H groups in total. The molecule has 0 heterocycles. The lowest BCUT2D eigenvalue weighted by molar-refractivity contribution is -0.0117. The quantitative estimate of drug-likeness (QED) is 0.465. The Bertz CT molecular complexity index is 468. The van der Waals surface area contributed by atoms with Crippen molar-refractivity contribution in [1.82, 2.24) is 10.0 Å². The van der Waals surface area contributed by atoms with Crippen LogP contribution >= 0.6 is 0 Å². The standard InChI is InChI=1S/C20H34N2/c1-7-15-16(10-9-14(3)4)17(15)12-21(6)22(8-2)13-19-18-11-20(18,19)5/h9-10,15-19H,3,7-8,11-13H2,1-2,4-6H3. The number of hydrazine groups is 1. The molecule has 0 aromatic heterocycles. The van der Waals surface area contributed by atoms with E-state index in [1.54, 1.807) is 0 Å². The summed E-state index contributed by atoms with van der Waals surface area (Å²) in [5, 5.41) is 5.11. The molecule has 6 unspecified atom stereocenters. The molecule has 0 aliphatic heterocycles. The van der Waals surface area contributed by atoms with Gasteiger partial charge in [0.25, 0.3) is 0 Å². The lowest BCUT2D eigenvalue weighted by Crippen LogP contribution is -2.43. The zero-order chi connectivity index (χ0) is 16.1. The number of rotatable bonds is 9. The van der Waals surface area contributed by atoms with Crippen LogP contribution in [0.15, 0.2) is 24.3 Å². The van der Waals surface area contributed by atoms with Crippen molar-refractivity contribution >= 4 is 0 Å². The number of allylic oxidation sites excluding steroid dienone is 3. The summed E-state index contributed by atoms with van der Waals surface area (Å²) in [7, 11) is 2.30. The van der Waals surface area contributed by atoms with Crippen LogP contribution in [0.4, 0.5) is 0 Å². The minimum atomic E-state index is 0.743. The zero-order valence-corrected chi connectivity index (χ0v) is 15.2. The first-order valence-corrected chi connectivity index (χ1v) is 9.22. The van der Waals surface area contributed by atoms with E-state index in [0.29, 0.717) is 0 Å². The topological polar surface area (TPSA) is 6.48 Å². The van der Waals surface area contributed by atoms with Gasteiger partial charge in [0.2, 0.25) is 0 Å². The summed E-state index contributed by atoms with van der Waals surface area (Å²) in [6, 6.07) is 0. The molecule has 3 aliphatic carbocycles. The van der Waals surface area contributed by atoms with Crippen molar-refractivity contribution in [1.29, 1.82) is 0 Å². The molecule has 3 rings (SSSR count). The van der Waals surface area contributed by atoms with Gasteiger partial charge in [-0.2, -0.15) is 0 Å². The van der Waals surface area contributed by atoms with Gasteiger partial charge in [-0.3, -0.25) is 0 Å². The van der Waals surface area contributed by atoms with E-state index in [2.05, 4.69) is 63.5 Å². The molecule has 124 valence electrons. The lowest BCUT2D eigenvalue weighted by Gasteiger charge is -2.32. The van der Waals surface area contributed by atoms with Crippen molar-refractivity contribution in [3.63, 3.8) is 0 Å². The minimum absolute atomic E-state index is 0.743. The van der Waals surface area contributed by atoms with Crippen molar-refractivity contribution < 1.29 is 0 Å². The number of fused-ring (bicyclic) bond motifs is 1. The minimum Gasteiger partial charge on any atom is -0.245 e. The van der Waals surface area contributed by atoms with Crippen molar-refractivity contribution in [2.24, 2.45) is 35.0 Å². The van der Waals surface area contributed by atoms with Crippen LogP contribution in [0.3, 0.4) is 0 Å². The van der Waals surface area contributed by atoms with Crippen LogP contribution in [0.5, 0.6) is 0 Å². The Hall–Kier alpha value is -0.600. The van der Waals surface area contributed by atoms with E-state index >= 15 is 0 Å². The third-order valence-corrected chi connectivity index (χ3v) is 6.77. The summed E-state index contributed by atoms with van der Waals surface area (Å²) in [4.78, 5) is 0. The molecule has 0 spiro atoms. The van der Waals surface area contributed by atoms with E-state index in [1.165, 1.54) is 31.5 Å². The number of hydrogen-bond donors (Lipinski definition) is 0. The highest BCUT2D eigenvalue weighted by atomic mass is 15.6. The van der Waals surface area contributed by atoms with E-state index in [4.69, 9.17) is 0 Å². The lowest BCUT2D eigenvalue weighted by atomic mass is 10.1. The maximum atomic E-state index is 3.99. The predicted octanol–water partition coefficient (Wildman–Crippen LogP) is 4.22. The third kappa shape index (κ3) is 2.92. The monoisotopic (exact) mass is 302 g/mol. The molecule has 2 nitrogen and oxygen atoms in total. The third-order valence-electron chi connectivity index (χ3n) is 6.77. The fraction of sp³-hybridized carbons (Fsp3) is 0.800. The first-order chi connectivity index (χ1) is 10.4. The molecule has 3 saturated carbocycles. The predicted molar refractivity (Wildman–Crippen MR) is 94.3 cm³/mol. The van der Waals surface area contributed by atoms with E-state index in [0.717, 1.165) is 41.5 Å². The van der Waals surface area contributed by atoms with Gasteiger partial charge in [0, 0.05) is 26.7 Å². The second-order valence-corrected chi connectivity index (χ2v) is 8.29. The Morgan fingerprint density at radius 3 is 2.41 bits per heavy atom. The molecule has 0 aromatic carbocycles. The summed E-state index contributed by atoms with van der Waals surface area (Å²) < 4.78 is 0. The summed E-state index contributed by atoms with van der Waals surface area (Å²) >= 11 is 0. The highest BCUT2D eigenvalue weighted by molar-refractivity contribution is 5.23. The Morgan fingerprint density at radius 1 is 1.27 bits per heavy atom. The summed E-state index contributed by atoms with van der Waals surface area (Å²) in [6.45, 7) is 16.8. The van der Waals surface area contributed by atoms with E-state index in [-0.39, 0.29) is 0 Å². The van der Waals surface area contributed by atoms with Gasteiger partial charge in [-0.25, -0.2) is 10.0 Å². The van der Waals surface area contributed by atoms with Gasteiger partial charge in [0.15, 0.2) is 0 Å². The summed E-state index contributed by atoms with van der Waals surface area (Å²) in [5.41, 5.74) is 1.91. The van der Waals surface area contributed by atoms with Crippen LogP contribution in [0, 0.1) is 35.0 Å². The van der Waals surface area contributed by atoms with Crippen molar-refractivity contribution in [2.75, 3.05) is 26.7 Å². The number of nitrogens with zero attached hydrogens (tertiary/aromatic N) is 2. The molecule has 3 fully saturated rings. The fourth-order valence-corrected chi connectivity index (χ4v) is 4.67. The Labute approximate surface area is 137 Å².